The molecule has 0 saturated heterocycles. The zero-order valence-corrected chi connectivity index (χ0v) is 10.4. The van der Waals surface area contributed by atoms with E-state index in [2.05, 4.69) is 4.74 Å². The van der Waals surface area contributed by atoms with Gasteiger partial charge < -0.3 is 0 Å². The van der Waals surface area contributed by atoms with Crippen LogP contribution in [0.2, 0.25) is 0 Å². The molecule has 0 aliphatic carbocycles. The van der Waals surface area contributed by atoms with Crippen LogP contribution in [0.3, 0.4) is 0 Å². The summed E-state index contributed by atoms with van der Waals surface area (Å²) in [6, 6.07) is 6.98. The van der Waals surface area contributed by atoms with Gasteiger partial charge in [0.1, 0.15) is 0 Å². The van der Waals surface area contributed by atoms with Gasteiger partial charge in [-0.25, -0.2) is 0 Å². The van der Waals surface area contributed by atoms with E-state index in [-0.39, 0.29) is 5.97 Å². The summed E-state index contributed by atoms with van der Waals surface area (Å²) in [6.07, 6.45) is 0. The Bertz CT molecular complexity index is 315. The van der Waals surface area contributed by atoms with Crippen LogP contribution in [0, 0.1) is 3.57 Å². The summed E-state index contributed by atoms with van der Waals surface area (Å²) in [6.45, 7) is 0. The first-order valence-electron chi connectivity index (χ1n) is 3.37. The summed E-state index contributed by atoms with van der Waals surface area (Å²) >= 11 is -2.16. The molecule has 2 nitrogen and oxygen atoms in total. The van der Waals surface area contributed by atoms with Crippen molar-refractivity contribution in [2.24, 2.45) is 0 Å². The summed E-state index contributed by atoms with van der Waals surface area (Å²) in [5.74, 6) is -0.390. The minimum absolute atomic E-state index is 0.390. The summed E-state index contributed by atoms with van der Waals surface area (Å²) in [5.41, 5.74) is 0.472. The third kappa shape index (κ3) is 2.72. The molecule has 0 aliphatic heterocycles. The van der Waals surface area contributed by atoms with Crippen molar-refractivity contribution in [3.05, 3.63) is 33.4 Å². The third-order valence-corrected chi connectivity index (χ3v) is 5.32. The van der Waals surface area contributed by atoms with Gasteiger partial charge in [-0.2, -0.15) is 0 Å². The van der Waals surface area contributed by atoms with Crippen LogP contribution >= 0.6 is 35.4 Å². The van der Waals surface area contributed by atoms with Crippen LogP contribution in [-0.4, -0.2) is 13.1 Å². The first kappa shape index (κ1) is 11.1. The molecule has 1 rings (SSSR count). The Morgan fingerprint density at radius 3 is 2.54 bits per heavy atom. The van der Waals surface area contributed by atoms with E-state index in [0.717, 1.165) is 3.57 Å². The van der Waals surface area contributed by atoms with E-state index < -0.39 is 17.6 Å². The van der Waals surface area contributed by atoms with Gasteiger partial charge >= 0.3 is 91.4 Å². The third-order valence-electron chi connectivity index (χ3n) is 1.43. The summed E-state index contributed by atoms with van der Waals surface area (Å²) < 4.78 is 5.32. The number of benzene rings is 1. The molecule has 0 saturated carbocycles. The second-order valence-electron chi connectivity index (χ2n) is 2.17. The van der Waals surface area contributed by atoms with Crippen LogP contribution in [0.5, 0.6) is 0 Å². The Morgan fingerprint density at radius 1 is 1.38 bits per heavy atom. The van der Waals surface area contributed by atoms with Crippen LogP contribution in [-0.2, 0) is 4.74 Å². The topological polar surface area (TPSA) is 26.3 Å². The van der Waals surface area contributed by atoms with E-state index in [9.17, 15) is 4.79 Å². The minimum atomic E-state index is -2.16. The Kier molecular flexibility index (Phi) is 4.28. The predicted molar refractivity (Wildman–Crippen MR) is 62.2 cm³/mol. The molecule has 0 unspecified atom stereocenters. The first-order valence-corrected chi connectivity index (χ1v) is 9.91. The maximum atomic E-state index is 11.2. The molecule has 0 bridgehead atoms. The molecule has 0 amide bonds. The fraction of sp³-hybridized carbons (Fsp3) is 0.125. The van der Waals surface area contributed by atoms with Gasteiger partial charge in [-0.15, -0.1) is 0 Å². The molecule has 5 heteroatoms. The monoisotopic (exact) mass is 332 g/mol. The fourth-order valence-electron chi connectivity index (χ4n) is 0.861. The average Bonchev–Trinajstić information content (AvgIpc) is 2.16. The second kappa shape index (κ2) is 5.02. The molecule has 0 fully saturated rings. The van der Waals surface area contributed by atoms with Gasteiger partial charge in [0.05, 0.1) is 0 Å². The second-order valence-corrected chi connectivity index (χ2v) is 9.27. The van der Waals surface area contributed by atoms with Gasteiger partial charge in [-0.3, -0.25) is 0 Å². The van der Waals surface area contributed by atoms with Crippen molar-refractivity contribution in [2.75, 3.05) is 7.11 Å². The van der Waals surface area contributed by atoms with Crippen molar-refractivity contribution >= 4 is 41.3 Å². The number of carbonyl (C=O) groups excluding carboxylic acids is 1. The van der Waals surface area contributed by atoms with E-state index >= 15 is 0 Å². The molecule has 13 heavy (non-hydrogen) atoms. The van der Waals surface area contributed by atoms with Crippen LogP contribution in [0.15, 0.2) is 24.3 Å². The molecular formula is C8H7Cl2IO2. The quantitative estimate of drug-likeness (QED) is 0.612. The van der Waals surface area contributed by atoms with Crippen molar-refractivity contribution < 1.29 is 9.53 Å². The van der Waals surface area contributed by atoms with Crippen LogP contribution in [0.1, 0.15) is 10.4 Å². The van der Waals surface area contributed by atoms with Crippen molar-refractivity contribution in [3.63, 3.8) is 0 Å². The first-order chi connectivity index (χ1) is 6.16. The molecule has 1 aromatic carbocycles. The Hall–Kier alpha value is -0.000000000000000111. The molecule has 0 atom stereocenters. The number of ether oxygens (including phenoxy) is 1. The molecule has 0 N–H and O–H groups in total. The maximum absolute atomic E-state index is 11.2. The number of carbonyl (C=O) groups is 1. The molecule has 0 heterocycles. The van der Waals surface area contributed by atoms with E-state index in [0.29, 0.717) is 5.56 Å². The molecule has 0 radical (unpaired) electrons. The van der Waals surface area contributed by atoms with Crippen molar-refractivity contribution in [2.45, 2.75) is 0 Å². The summed E-state index contributed by atoms with van der Waals surface area (Å²) in [7, 11) is 13.0. The van der Waals surface area contributed by atoms with Crippen molar-refractivity contribution in [1.29, 1.82) is 0 Å². The fourth-order valence-corrected chi connectivity index (χ4v) is 3.85. The van der Waals surface area contributed by atoms with E-state index in [4.69, 9.17) is 17.8 Å². The molecule has 0 aromatic heterocycles. The van der Waals surface area contributed by atoms with Crippen LogP contribution in [0.25, 0.3) is 0 Å². The number of esters is 1. The average molecular weight is 333 g/mol. The van der Waals surface area contributed by atoms with E-state index in [1.54, 1.807) is 24.3 Å². The van der Waals surface area contributed by atoms with Gasteiger partial charge in [-0.05, 0) is 0 Å². The number of methoxy groups -OCH3 is 1. The van der Waals surface area contributed by atoms with Gasteiger partial charge in [0, 0.05) is 0 Å². The van der Waals surface area contributed by atoms with Gasteiger partial charge in [0.2, 0.25) is 0 Å². The number of hydrogen-bond acceptors (Lipinski definition) is 2. The predicted octanol–water partition coefficient (Wildman–Crippen LogP) is 3.46. The van der Waals surface area contributed by atoms with Crippen molar-refractivity contribution in [1.82, 2.24) is 0 Å². The molecule has 1 aromatic rings. The van der Waals surface area contributed by atoms with Gasteiger partial charge in [0.15, 0.2) is 0 Å². The number of hydrogen-bond donors (Lipinski definition) is 0. The number of rotatable bonds is 2. The Morgan fingerprint density at radius 2 is 2.00 bits per heavy atom. The Balaban J connectivity index is 3.12. The van der Waals surface area contributed by atoms with Crippen molar-refractivity contribution in [3.8, 4) is 0 Å². The van der Waals surface area contributed by atoms with E-state index in [1.165, 1.54) is 7.11 Å². The van der Waals surface area contributed by atoms with E-state index in [1.807, 2.05) is 0 Å². The van der Waals surface area contributed by atoms with Crippen LogP contribution in [0.4, 0.5) is 0 Å². The molecule has 0 aliphatic rings. The van der Waals surface area contributed by atoms with Gasteiger partial charge in [-0.1, -0.05) is 0 Å². The zero-order valence-electron chi connectivity index (χ0n) is 6.76. The Labute approximate surface area is 91.0 Å². The standard InChI is InChI=1S/C8H7Cl2IO2/c1-13-8(12)6-4-2-3-5-7(6)11(9)10/h2-5H,1H3. The molecular weight excluding hydrogens is 326 g/mol. The molecule has 0 spiro atoms. The summed E-state index contributed by atoms with van der Waals surface area (Å²) in [5, 5.41) is 0. The summed E-state index contributed by atoms with van der Waals surface area (Å²) in [4.78, 5) is 11.2. The number of halogens is 3. The normalized spacial score (nSPS) is 10.8. The van der Waals surface area contributed by atoms with Crippen LogP contribution < -0.4 is 0 Å². The molecule has 72 valence electrons. The van der Waals surface area contributed by atoms with Gasteiger partial charge in [0.25, 0.3) is 0 Å². The SMILES string of the molecule is COC(=O)c1ccccc1I(Cl)Cl. The zero-order chi connectivity index (χ0) is 9.84.